The van der Waals surface area contributed by atoms with E-state index >= 15 is 0 Å². The van der Waals surface area contributed by atoms with E-state index in [1.54, 1.807) is 96.0 Å². The van der Waals surface area contributed by atoms with Gasteiger partial charge in [0.15, 0.2) is 11.4 Å². The molecular formula is C44H32F2N6O4. The average Bonchev–Trinajstić information content (AvgIpc) is 3.81. The molecule has 0 saturated heterocycles. The summed E-state index contributed by atoms with van der Waals surface area (Å²) < 4.78 is 37.8. The molecule has 0 amide bonds. The molecule has 0 bridgehead atoms. The van der Waals surface area contributed by atoms with E-state index in [0.717, 1.165) is 0 Å². The fraction of sp³-hybridized carbons (Fsp3) is 0.136. The van der Waals surface area contributed by atoms with Gasteiger partial charge in [-0.1, -0.05) is 36.1 Å². The van der Waals surface area contributed by atoms with Crippen molar-refractivity contribution in [3.63, 3.8) is 0 Å². The van der Waals surface area contributed by atoms with E-state index in [0.29, 0.717) is 67.6 Å². The maximum absolute atomic E-state index is 14.7. The number of hydrogen-bond donors (Lipinski definition) is 1. The van der Waals surface area contributed by atoms with Crippen molar-refractivity contribution < 1.29 is 28.2 Å². The second kappa shape index (κ2) is 15.1. The Hall–Kier alpha value is -7.44. The maximum atomic E-state index is 14.7. The molecule has 4 heterocycles. The van der Waals surface area contributed by atoms with Crippen molar-refractivity contribution >= 4 is 23.4 Å². The second-order valence-corrected chi connectivity index (χ2v) is 12.7. The molecule has 2 aliphatic rings. The highest BCUT2D eigenvalue weighted by Crippen LogP contribution is 2.35. The standard InChI is InChI=1S/C23H18FN3O2.C21H14FN3O2/c1-4-15-10-11-19-17(12-15)20(16-8-6-7-9-18(16)24)26-14(3)22-21(23(28)29-5-2)25-13-27(19)22;1-3-13-8-9-17-15(10-13)18(14-6-4-5-7-16(14)22)24-12(2)20-19(21(26)27)23-11-25(17)20/h1,6-14H,5H2,2-3H3;1,4-12H,2H3,(H,26,27)/t14-;12-/m11/s1. The van der Waals surface area contributed by atoms with Crippen LogP contribution in [0.1, 0.15) is 98.6 Å². The first-order chi connectivity index (χ1) is 27.1. The van der Waals surface area contributed by atoms with Crippen molar-refractivity contribution in [1.82, 2.24) is 19.1 Å². The molecule has 0 unspecified atom stereocenters. The Morgan fingerprint density at radius 1 is 0.714 bits per heavy atom. The third-order valence-corrected chi connectivity index (χ3v) is 9.33. The number of imidazole rings is 2. The molecule has 2 aromatic heterocycles. The number of carboxylic acids is 1. The van der Waals surface area contributed by atoms with Gasteiger partial charge in [-0.15, -0.1) is 12.8 Å². The summed E-state index contributed by atoms with van der Waals surface area (Å²) in [5.74, 6) is 2.74. The van der Waals surface area contributed by atoms with Gasteiger partial charge in [0.05, 0.1) is 52.9 Å². The largest absolute Gasteiger partial charge is 0.476 e. The monoisotopic (exact) mass is 746 g/mol. The van der Waals surface area contributed by atoms with Gasteiger partial charge in [0, 0.05) is 33.4 Å². The minimum atomic E-state index is -1.14. The molecule has 0 fully saturated rings. The first kappa shape index (κ1) is 36.9. The third-order valence-electron chi connectivity index (χ3n) is 9.33. The zero-order chi connectivity index (χ0) is 39.7. The van der Waals surface area contributed by atoms with Gasteiger partial charge in [0.2, 0.25) is 0 Å². The van der Waals surface area contributed by atoms with Crippen LogP contribution in [0.2, 0.25) is 0 Å². The summed E-state index contributed by atoms with van der Waals surface area (Å²) in [6.45, 7) is 5.58. The second-order valence-electron chi connectivity index (χ2n) is 12.7. The smallest absolute Gasteiger partial charge is 0.358 e. The van der Waals surface area contributed by atoms with E-state index in [4.69, 9.17) is 22.6 Å². The number of carbonyl (C=O) groups excluding carboxylic acids is 1. The molecule has 8 rings (SSSR count). The summed E-state index contributed by atoms with van der Waals surface area (Å²) in [5.41, 5.74) is 6.66. The number of benzene rings is 4. The summed E-state index contributed by atoms with van der Waals surface area (Å²) in [7, 11) is 0. The molecule has 276 valence electrons. The van der Waals surface area contributed by atoms with Crippen molar-refractivity contribution in [1.29, 1.82) is 0 Å². The minimum absolute atomic E-state index is 0.0759. The van der Waals surface area contributed by atoms with Crippen molar-refractivity contribution in [2.45, 2.75) is 32.9 Å². The number of aromatic carboxylic acids is 1. The van der Waals surface area contributed by atoms with E-state index < -0.39 is 29.8 Å². The van der Waals surface area contributed by atoms with E-state index in [9.17, 15) is 23.5 Å². The fourth-order valence-corrected chi connectivity index (χ4v) is 6.86. The number of ether oxygens (including phenoxy) is 1. The summed E-state index contributed by atoms with van der Waals surface area (Å²) in [5, 5.41) is 9.49. The minimum Gasteiger partial charge on any atom is -0.476 e. The van der Waals surface area contributed by atoms with Gasteiger partial charge in [-0.2, -0.15) is 0 Å². The molecule has 56 heavy (non-hydrogen) atoms. The summed E-state index contributed by atoms with van der Waals surface area (Å²) in [6, 6.07) is 22.5. The maximum Gasteiger partial charge on any atom is 0.358 e. The van der Waals surface area contributed by atoms with Crippen molar-refractivity contribution in [2.24, 2.45) is 9.98 Å². The molecule has 6 aromatic rings. The average molecular weight is 747 g/mol. The highest BCUT2D eigenvalue weighted by Gasteiger charge is 2.31. The van der Waals surface area contributed by atoms with E-state index in [1.807, 2.05) is 13.0 Å². The molecular weight excluding hydrogens is 715 g/mol. The number of carboxylic acid groups (broad SMARTS) is 1. The number of carbonyl (C=O) groups is 2. The highest BCUT2D eigenvalue weighted by atomic mass is 19.1. The third kappa shape index (κ3) is 6.54. The number of esters is 1. The van der Waals surface area contributed by atoms with Crippen LogP contribution in [-0.4, -0.2) is 54.2 Å². The molecule has 2 atom stereocenters. The van der Waals surface area contributed by atoms with E-state index in [-0.39, 0.29) is 23.8 Å². The molecule has 0 saturated carbocycles. The first-order valence-corrected chi connectivity index (χ1v) is 17.5. The van der Waals surface area contributed by atoms with Crippen molar-refractivity contribution in [3.05, 3.63) is 165 Å². The number of aliphatic imine (C=N–C) groups is 2. The SMILES string of the molecule is C#Cc1ccc2c(c1)C(c1ccccc1F)=N[C@H](C)c1c(C(=O)O)ncn1-2.C#Cc1ccc2c(c1)C(c1ccccc1F)=N[C@H](C)c1c(C(=O)OCC)ncn1-2. The number of halogens is 2. The number of nitrogens with zero attached hydrogens (tertiary/aromatic N) is 6. The summed E-state index contributed by atoms with van der Waals surface area (Å²) in [6.07, 6.45) is 14.1. The molecule has 0 aliphatic carbocycles. The predicted molar refractivity (Wildman–Crippen MR) is 207 cm³/mol. The van der Waals surface area contributed by atoms with Crippen molar-refractivity contribution in [3.8, 4) is 36.1 Å². The molecule has 0 spiro atoms. The van der Waals surface area contributed by atoms with Crippen LogP contribution in [0.3, 0.4) is 0 Å². The number of hydrogen-bond acceptors (Lipinski definition) is 7. The lowest BCUT2D eigenvalue weighted by Gasteiger charge is -2.13. The van der Waals surface area contributed by atoms with Gasteiger partial charge in [-0.3, -0.25) is 19.1 Å². The quantitative estimate of drug-likeness (QED) is 0.143. The lowest BCUT2D eigenvalue weighted by Crippen LogP contribution is -2.11. The van der Waals surface area contributed by atoms with Crippen molar-refractivity contribution in [2.75, 3.05) is 6.61 Å². The van der Waals surface area contributed by atoms with E-state index in [1.165, 1.54) is 18.5 Å². The van der Waals surface area contributed by atoms with Gasteiger partial charge in [0.25, 0.3) is 0 Å². The fourth-order valence-electron chi connectivity index (χ4n) is 6.86. The normalized spacial score (nSPS) is 15.0. The van der Waals surface area contributed by atoms with Gasteiger partial charge >= 0.3 is 11.9 Å². The van der Waals surface area contributed by atoms with Crippen LogP contribution in [0.15, 0.2) is 108 Å². The topological polar surface area (TPSA) is 124 Å². The van der Waals surface area contributed by atoms with Gasteiger partial charge in [0.1, 0.15) is 24.3 Å². The summed E-state index contributed by atoms with van der Waals surface area (Å²) >= 11 is 0. The Balaban J connectivity index is 0.000000172. The number of fused-ring (bicyclic) bond motifs is 6. The Labute approximate surface area is 320 Å². The highest BCUT2D eigenvalue weighted by molar-refractivity contribution is 6.16. The molecule has 4 aromatic carbocycles. The lowest BCUT2D eigenvalue weighted by atomic mass is 9.98. The van der Waals surface area contributed by atoms with Crippen LogP contribution >= 0.6 is 0 Å². The molecule has 10 nitrogen and oxygen atoms in total. The first-order valence-electron chi connectivity index (χ1n) is 17.5. The van der Waals surface area contributed by atoms with E-state index in [2.05, 4.69) is 26.8 Å². The Morgan fingerprint density at radius 3 is 1.59 bits per heavy atom. The molecule has 12 heteroatoms. The van der Waals surface area contributed by atoms with Crippen LogP contribution < -0.4 is 0 Å². The Bertz CT molecular complexity index is 2710. The molecule has 2 aliphatic heterocycles. The number of aromatic nitrogens is 4. The Morgan fingerprint density at radius 2 is 1.16 bits per heavy atom. The Kier molecular flexibility index (Phi) is 9.97. The molecule has 0 radical (unpaired) electrons. The predicted octanol–water partition coefficient (Wildman–Crippen LogP) is 7.68. The van der Waals surface area contributed by atoms with Gasteiger partial charge in [-0.25, -0.2) is 28.3 Å². The zero-order valence-electron chi connectivity index (χ0n) is 30.4. The molecule has 1 N–H and O–H groups in total. The van der Waals surface area contributed by atoms with Gasteiger partial charge < -0.3 is 9.84 Å². The van der Waals surface area contributed by atoms with Crippen LogP contribution in [0.5, 0.6) is 0 Å². The van der Waals surface area contributed by atoms with Crippen LogP contribution in [0, 0.1) is 36.3 Å². The number of rotatable bonds is 5. The van der Waals surface area contributed by atoms with Crippen LogP contribution in [0.4, 0.5) is 8.78 Å². The van der Waals surface area contributed by atoms with Gasteiger partial charge in [-0.05, 0) is 81.4 Å². The lowest BCUT2D eigenvalue weighted by molar-refractivity contribution is 0.0517. The summed E-state index contributed by atoms with van der Waals surface area (Å²) in [4.78, 5) is 41.8. The zero-order valence-corrected chi connectivity index (χ0v) is 30.4. The van der Waals surface area contributed by atoms with Crippen LogP contribution in [-0.2, 0) is 4.74 Å². The number of terminal acetylenes is 2. The van der Waals surface area contributed by atoms with Crippen LogP contribution in [0.25, 0.3) is 11.4 Å².